The molecule has 2 atom stereocenters. The van der Waals surface area contributed by atoms with Gasteiger partial charge in [-0.1, -0.05) is 0 Å². The Morgan fingerprint density at radius 3 is 2.68 bits per heavy atom. The first-order valence-corrected chi connectivity index (χ1v) is 5.73. The maximum absolute atomic E-state index is 12.9. The average molecular weight is 277 g/mol. The number of hydrogen-bond acceptors (Lipinski definition) is 3. The molecule has 2 heterocycles. The SMILES string of the molecule is CC1CN(C=O)Cc2cnc(C(C)(O)C(F)(F)F)n21. The molecule has 0 saturated heterocycles. The smallest absolute Gasteiger partial charge is 0.374 e. The Morgan fingerprint density at radius 1 is 1.53 bits per heavy atom. The zero-order chi connectivity index (χ0) is 14.4. The number of carbonyl (C=O) groups is 1. The molecule has 1 N–H and O–H groups in total. The predicted molar refractivity (Wildman–Crippen MR) is 59.0 cm³/mol. The van der Waals surface area contributed by atoms with Crippen LogP contribution >= 0.6 is 0 Å². The molecule has 0 aromatic carbocycles. The lowest BCUT2D eigenvalue weighted by Gasteiger charge is -2.34. The number of hydrogen-bond donors (Lipinski definition) is 1. The van der Waals surface area contributed by atoms with Gasteiger partial charge in [-0.3, -0.25) is 4.79 Å². The molecule has 19 heavy (non-hydrogen) atoms. The van der Waals surface area contributed by atoms with Gasteiger partial charge < -0.3 is 14.6 Å². The van der Waals surface area contributed by atoms with Crippen LogP contribution in [0.25, 0.3) is 0 Å². The predicted octanol–water partition coefficient (Wildman–Crippen LogP) is 1.19. The van der Waals surface area contributed by atoms with E-state index in [2.05, 4.69) is 4.98 Å². The lowest BCUT2D eigenvalue weighted by Crippen LogP contribution is -2.44. The molecule has 0 aliphatic carbocycles. The third kappa shape index (κ3) is 2.09. The molecule has 0 saturated carbocycles. The van der Waals surface area contributed by atoms with Crippen molar-refractivity contribution in [2.24, 2.45) is 0 Å². The quantitative estimate of drug-likeness (QED) is 0.826. The summed E-state index contributed by atoms with van der Waals surface area (Å²) in [5.41, 5.74) is -2.53. The van der Waals surface area contributed by atoms with Crippen LogP contribution in [0.5, 0.6) is 0 Å². The zero-order valence-corrected chi connectivity index (χ0v) is 10.5. The van der Waals surface area contributed by atoms with Crippen molar-refractivity contribution in [3.8, 4) is 0 Å². The Labute approximate surface area is 107 Å². The van der Waals surface area contributed by atoms with Crippen LogP contribution in [0.1, 0.15) is 31.4 Å². The van der Waals surface area contributed by atoms with Crippen LogP contribution in [-0.2, 0) is 16.9 Å². The summed E-state index contributed by atoms with van der Waals surface area (Å²) >= 11 is 0. The van der Waals surface area contributed by atoms with Crippen LogP contribution in [0.4, 0.5) is 13.2 Å². The van der Waals surface area contributed by atoms with Gasteiger partial charge in [0.25, 0.3) is 0 Å². The molecular formula is C11H14F3N3O2. The number of fused-ring (bicyclic) bond motifs is 1. The molecule has 0 fully saturated rings. The first-order valence-electron chi connectivity index (χ1n) is 5.73. The minimum atomic E-state index is -4.81. The molecule has 1 aliphatic heterocycles. The molecule has 1 aromatic rings. The standard InChI is InChI=1S/C11H14F3N3O2/c1-7-4-16(6-18)5-8-3-15-9(17(7)8)10(2,19)11(12,13)14/h3,6-7,19H,4-5H2,1-2H3. The summed E-state index contributed by atoms with van der Waals surface area (Å²) in [5.74, 6) is -0.437. The van der Waals surface area contributed by atoms with Crippen LogP contribution in [0.15, 0.2) is 6.20 Å². The Morgan fingerprint density at radius 2 is 2.16 bits per heavy atom. The molecule has 5 nitrogen and oxygen atoms in total. The van der Waals surface area contributed by atoms with E-state index in [1.807, 2.05) is 0 Å². The second kappa shape index (κ2) is 4.22. The van der Waals surface area contributed by atoms with Crippen LogP contribution in [0.2, 0.25) is 0 Å². The van der Waals surface area contributed by atoms with Crippen molar-refractivity contribution < 1.29 is 23.1 Å². The highest BCUT2D eigenvalue weighted by Gasteiger charge is 2.54. The van der Waals surface area contributed by atoms with Crippen LogP contribution in [-0.4, -0.2) is 38.7 Å². The van der Waals surface area contributed by atoms with Gasteiger partial charge in [-0.15, -0.1) is 0 Å². The maximum atomic E-state index is 12.9. The summed E-state index contributed by atoms with van der Waals surface area (Å²) in [4.78, 5) is 15.9. The van der Waals surface area contributed by atoms with E-state index in [0.717, 1.165) is 0 Å². The van der Waals surface area contributed by atoms with Gasteiger partial charge in [0.1, 0.15) is 0 Å². The molecule has 106 valence electrons. The van der Waals surface area contributed by atoms with Gasteiger partial charge in [0.05, 0.1) is 24.5 Å². The van der Waals surface area contributed by atoms with E-state index in [1.165, 1.54) is 15.7 Å². The van der Waals surface area contributed by atoms with E-state index in [4.69, 9.17) is 0 Å². The fourth-order valence-corrected chi connectivity index (χ4v) is 2.27. The highest BCUT2D eigenvalue weighted by atomic mass is 19.4. The van der Waals surface area contributed by atoms with Crippen LogP contribution in [0, 0.1) is 0 Å². The van der Waals surface area contributed by atoms with Gasteiger partial charge in [-0.05, 0) is 13.8 Å². The van der Waals surface area contributed by atoms with E-state index < -0.39 is 17.6 Å². The van der Waals surface area contributed by atoms with E-state index in [9.17, 15) is 23.1 Å². The minimum absolute atomic E-state index is 0.189. The molecule has 0 bridgehead atoms. The van der Waals surface area contributed by atoms with Gasteiger partial charge in [-0.25, -0.2) is 4.98 Å². The van der Waals surface area contributed by atoms with Crippen molar-refractivity contribution in [2.75, 3.05) is 6.54 Å². The van der Waals surface area contributed by atoms with Crippen molar-refractivity contribution in [2.45, 2.75) is 38.2 Å². The number of halogens is 3. The normalized spacial score (nSPS) is 22.8. The van der Waals surface area contributed by atoms with E-state index >= 15 is 0 Å². The Hall–Kier alpha value is -1.57. The fourth-order valence-electron chi connectivity index (χ4n) is 2.27. The number of alkyl halides is 3. The number of aromatic nitrogens is 2. The average Bonchev–Trinajstić information content (AvgIpc) is 2.71. The third-order valence-electron chi connectivity index (χ3n) is 3.31. The Bertz CT molecular complexity index is 496. The van der Waals surface area contributed by atoms with Gasteiger partial charge in [0, 0.05) is 6.54 Å². The van der Waals surface area contributed by atoms with Gasteiger partial charge >= 0.3 is 6.18 Å². The van der Waals surface area contributed by atoms with Crippen molar-refractivity contribution in [1.29, 1.82) is 0 Å². The number of nitrogens with zero attached hydrogens (tertiary/aromatic N) is 3. The molecular weight excluding hydrogens is 263 g/mol. The Kier molecular flexibility index (Phi) is 3.08. The highest BCUT2D eigenvalue weighted by Crippen LogP contribution is 2.39. The first kappa shape index (κ1) is 13.9. The number of rotatable bonds is 2. The van der Waals surface area contributed by atoms with Gasteiger partial charge in [-0.2, -0.15) is 13.2 Å². The molecule has 0 radical (unpaired) electrons. The van der Waals surface area contributed by atoms with E-state index in [-0.39, 0.29) is 19.1 Å². The summed E-state index contributed by atoms with van der Waals surface area (Å²) in [6, 6.07) is -0.375. The summed E-state index contributed by atoms with van der Waals surface area (Å²) in [6.45, 7) is 2.83. The Balaban J connectivity index is 2.48. The number of imidazole rings is 1. The van der Waals surface area contributed by atoms with Crippen LogP contribution in [0.3, 0.4) is 0 Å². The van der Waals surface area contributed by atoms with Crippen molar-refractivity contribution in [3.05, 3.63) is 17.7 Å². The molecule has 1 aromatic heterocycles. The molecule has 1 amide bonds. The molecule has 8 heteroatoms. The number of carbonyl (C=O) groups excluding carboxylic acids is 1. The first-order chi connectivity index (χ1) is 8.68. The summed E-state index contributed by atoms with van der Waals surface area (Å²) in [7, 11) is 0. The largest absolute Gasteiger partial charge is 0.424 e. The third-order valence-corrected chi connectivity index (χ3v) is 3.31. The van der Waals surface area contributed by atoms with Crippen molar-refractivity contribution in [1.82, 2.24) is 14.5 Å². The summed E-state index contributed by atoms with van der Waals surface area (Å²) < 4.78 is 40.0. The molecule has 1 aliphatic rings. The van der Waals surface area contributed by atoms with Gasteiger partial charge in [0.15, 0.2) is 5.82 Å². The lowest BCUT2D eigenvalue weighted by atomic mass is 10.0. The molecule has 0 spiro atoms. The topological polar surface area (TPSA) is 58.4 Å². The number of amides is 1. The molecule has 2 unspecified atom stereocenters. The maximum Gasteiger partial charge on any atom is 0.424 e. The monoisotopic (exact) mass is 277 g/mol. The fraction of sp³-hybridized carbons (Fsp3) is 0.636. The second-order valence-corrected chi connectivity index (χ2v) is 4.90. The second-order valence-electron chi connectivity index (χ2n) is 4.90. The lowest BCUT2D eigenvalue weighted by molar-refractivity contribution is -0.263. The van der Waals surface area contributed by atoms with E-state index in [1.54, 1.807) is 6.92 Å². The van der Waals surface area contributed by atoms with Gasteiger partial charge in [0.2, 0.25) is 12.0 Å². The minimum Gasteiger partial charge on any atom is -0.374 e. The number of aliphatic hydroxyl groups is 1. The van der Waals surface area contributed by atoms with Crippen LogP contribution < -0.4 is 0 Å². The zero-order valence-electron chi connectivity index (χ0n) is 10.5. The summed E-state index contributed by atoms with van der Waals surface area (Å²) in [5, 5.41) is 9.72. The molecule has 2 rings (SSSR count). The summed E-state index contributed by atoms with van der Waals surface area (Å²) in [6.07, 6.45) is -2.90. The van der Waals surface area contributed by atoms with Crippen molar-refractivity contribution >= 4 is 6.41 Å². The van der Waals surface area contributed by atoms with Crippen molar-refractivity contribution in [3.63, 3.8) is 0 Å². The van der Waals surface area contributed by atoms with E-state index in [0.29, 0.717) is 19.0 Å². The highest BCUT2D eigenvalue weighted by molar-refractivity contribution is 5.47.